The number of aromatic nitrogens is 1. The van der Waals surface area contributed by atoms with E-state index in [4.69, 9.17) is 4.98 Å². The summed E-state index contributed by atoms with van der Waals surface area (Å²) in [5.74, 6) is -0.201. The number of amides is 1. The van der Waals surface area contributed by atoms with Crippen molar-refractivity contribution in [2.75, 3.05) is 37.3 Å². The Morgan fingerprint density at radius 1 is 1.19 bits per heavy atom. The van der Waals surface area contributed by atoms with Gasteiger partial charge >= 0.3 is 0 Å². The van der Waals surface area contributed by atoms with Crippen LogP contribution in [0.15, 0.2) is 53.4 Å². The van der Waals surface area contributed by atoms with Crippen LogP contribution >= 0.6 is 23.1 Å². The first-order valence-electron chi connectivity index (χ1n) is 10.4. The third kappa shape index (κ3) is 5.73. The number of thiazole rings is 1. The molecular weight excluding hydrogens is 444 g/mol. The monoisotopic (exact) mass is 470 g/mol. The second kappa shape index (κ2) is 11.2. The average molecular weight is 471 g/mol. The van der Waals surface area contributed by atoms with Crippen molar-refractivity contribution < 1.29 is 9.72 Å². The number of likely N-dealkylation sites (N-methyl/N-ethyl adjacent to an activating group) is 1. The van der Waals surface area contributed by atoms with E-state index in [0.717, 1.165) is 34.7 Å². The number of nitrogens with zero attached hydrogens (tertiary/aromatic N) is 4. The quantitative estimate of drug-likeness (QED) is 0.173. The van der Waals surface area contributed by atoms with Crippen molar-refractivity contribution in [2.45, 2.75) is 18.7 Å². The highest BCUT2D eigenvalue weighted by Crippen LogP contribution is 2.34. The van der Waals surface area contributed by atoms with Crippen LogP contribution in [0.3, 0.4) is 0 Å². The number of rotatable bonds is 10. The lowest BCUT2D eigenvalue weighted by Gasteiger charge is -2.23. The molecular formula is C23H26N4O3S2. The summed E-state index contributed by atoms with van der Waals surface area (Å²) in [6, 6.07) is 12.3. The minimum absolute atomic E-state index is 0.00578. The molecule has 1 heterocycles. The number of fused-ring (bicyclic) bond motifs is 1. The summed E-state index contributed by atoms with van der Waals surface area (Å²) >= 11 is 3.13. The van der Waals surface area contributed by atoms with Crippen LogP contribution in [-0.2, 0) is 4.79 Å². The Morgan fingerprint density at radius 3 is 2.62 bits per heavy atom. The number of anilines is 1. The number of non-ortho nitro benzene ring substituents is 1. The van der Waals surface area contributed by atoms with Crippen LogP contribution in [0.25, 0.3) is 16.3 Å². The fourth-order valence-electron chi connectivity index (χ4n) is 3.27. The molecule has 0 atom stereocenters. The first-order chi connectivity index (χ1) is 15.5. The van der Waals surface area contributed by atoms with E-state index in [-0.39, 0.29) is 11.6 Å². The summed E-state index contributed by atoms with van der Waals surface area (Å²) < 4.78 is 1.04. The van der Waals surface area contributed by atoms with Crippen molar-refractivity contribution in [3.63, 3.8) is 0 Å². The van der Waals surface area contributed by atoms with Crippen molar-refractivity contribution in [3.05, 3.63) is 64.2 Å². The van der Waals surface area contributed by atoms with Crippen LogP contribution in [0.2, 0.25) is 0 Å². The molecule has 1 amide bonds. The molecule has 168 valence electrons. The van der Waals surface area contributed by atoms with Crippen LogP contribution in [0.4, 0.5) is 10.8 Å². The summed E-state index contributed by atoms with van der Waals surface area (Å²) in [6.45, 7) is 7.24. The number of para-hydroxylation sites is 1. The van der Waals surface area contributed by atoms with Gasteiger partial charge < -0.3 is 4.90 Å². The Hall–Kier alpha value is -2.75. The summed E-state index contributed by atoms with van der Waals surface area (Å²) in [7, 11) is 0. The van der Waals surface area contributed by atoms with Gasteiger partial charge in [0.25, 0.3) is 11.6 Å². The smallest absolute Gasteiger partial charge is 0.270 e. The molecule has 0 N–H and O–H groups in total. The highest BCUT2D eigenvalue weighted by atomic mass is 32.2. The first-order valence-corrected chi connectivity index (χ1v) is 12.4. The van der Waals surface area contributed by atoms with Gasteiger partial charge in [0.15, 0.2) is 5.13 Å². The molecule has 0 aliphatic heterocycles. The molecule has 7 nitrogen and oxygen atoms in total. The van der Waals surface area contributed by atoms with E-state index in [2.05, 4.69) is 18.7 Å². The molecule has 3 aromatic rings. The lowest BCUT2D eigenvalue weighted by Crippen LogP contribution is -2.38. The van der Waals surface area contributed by atoms with Crippen LogP contribution in [0.5, 0.6) is 0 Å². The largest absolute Gasteiger partial charge is 0.302 e. The third-order valence-corrected chi connectivity index (χ3v) is 6.93. The lowest BCUT2D eigenvalue weighted by molar-refractivity contribution is -0.384. The molecule has 32 heavy (non-hydrogen) atoms. The van der Waals surface area contributed by atoms with Crippen molar-refractivity contribution in [3.8, 4) is 0 Å². The third-order valence-electron chi connectivity index (χ3n) is 5.12. The van der Waals surface area contributed by atoms with Crippen molar-refractivity contribution in [2.24, 2.45) is 0 Å². The summed E-state index contributed by atoms with van der Waals surface area (Å²) in [6.07, 6.45) is 5.09. The van der Waals surface area contributed by atoms with Crippen LogP contribution in [0.1, 0.15) is 19.4 Å². The summed E-state index contributed by atoms with van der Waals surface area (Å²) in [4.78, 5) is 33.6. The maximum Gasteiger partial charge on any atom is 0.270 e. The lowest BCUT2D eigenvalue weighted by atomic mass is 10.2. The van der Waals surface area contributed by atoms with Gasteiger partial charge in [0.1, 0.15) is 0 Å². The van der Waals surface area contributed by atoms with Gasteiger partial charge in [0.2, 0.25) is 0 Å². The number of hydrogen-bond acceptors (Lipinski definition) is 7. The van der Waals surface area contributed by atoms with Crippen molar-refractivity contribution in [1.29, 1.82) is 0 Å². The maximum absolute atomic E-state index is 13.2. The van der Waals surface area contributed by atoms with E-state index < -0.39 is 4.92 Å². The maximum atomic E-state index is 13.2. The highest BCUT2D eigenvalue weighted by Gasteiger charge is 2.19. The molecule has 2 aromatic carbocycles. The Kier molecular flexibility index (Phi) is 8.38. The van der Waals surface area contributed by atoms with Crippen LogP contribution in [-0.4, -0.2) is 53.1 Å². The van der Waals surface area contributed by atoms with Gasteiger partial charge in [-0.2, -0.15) is 0 Å². The molecule has 3 rings (SSSR count). The van der Waals surface area contributed by atoms with Gasteiger partial charge in [0.05, 0.1) is 15.1 Å². The van der Waals surface area contributed by atoms with Gasteiger partial charge in [-0.15, -0.1) is 11.8 Å². The predicted octanol–water partition coefficient (Wildman–Crippen LogP) is 5.31. The zero-order chi connectivity index (χ0) is 23.1. The first kappa shape index (κ1) is 23.9. The minimum atomic E-state index is -0.444. The molecule has 1 aromatic heterocycles. The molecule has 0 aliphatic rings. The molecule has 0 unspecified atom stereocenters. The Balaban J connectivity index is 1.91. The van der Waals surface area contributed by atoms with Crippen LogP contribution in [0, 0.1) is 10.1 Å². The average Bonchev–Trinajstić information content (AvgIpc) is 3.24. The van der Waals surface area contributed by atoms with Crippen molar-refractivity contribution in [1.82, 2.24) is 9.88 Å². The topological polar surface area (TPSA) is 79.6 Å². The van der Waals surface area contributed by atoms with E-state index in [1.54, 1.807) is 34.9 Å². The molecule has 0 radical (unpaired) electrons. The molecule has 0 fully saturated rings. The number of thioether (sulfide) groups is 1. The fourth-order valence-corrected chi connectivity index (χ4v) is 4.92. The molecule has 0 saturated carbocycles. The summed E-state index contributed by atoms with van der Waals surface area (Å²) in [5, 5.41) is 11.7. The number of carbonyl (C=O) groups excluding carboxylic acids is 1. The Bertz CT molecular complexity index is 1130. The Morgan fingerprint density at radius 2 is 1.94 bits per heavy atom. The SMILES string of the molecule is CCN(CC)CCN(C(=O)C=Cc1cccc([N+](=O)[O-])c1)c1nc2c(SC)cccc2s1. The van der Waals surface area contributed by atoms with Crippen molar-refractivity contribution >= 4 is 56.1 Å². The zero-order valence-electron chi connectivity index (χ0n) is 18.4. The van der Waals surface area contributed by atoms with Gasteiger partial charge in [-0.3, -0.25) is 19.8 Å². The number of benzene rings is 2. The van der Waals surface area contributed by atoms with Gasteiger partial charge in [-0.05, 0) is 43.1 Å². The van der Waals surface area contributed by atoms with E-state index in [9.17, 15) is 14.9 Å². The second-order valence-corrected chi connectivity index (χ2v) is 8.86. The zero-order valence-corrected chi connectivity index (χ0v) is 20.0. The minimum Gasteiger partial charge on any atom is -0.302 e. The standard InChI is InChI=1S/C23H26N4O3S2/c1-4-25(5-2)14-15-26(23-24-22-19(31-3)10-7-11-20(22)32-23)21(28)13-12-17-8-6-9-18(16-17)27(29)30/h6-13,16H,4-5,14-15H2,1-3H3. The number of nitro groups is 1. The van der Waals surface area contributed by atoms with E-state index in [1.807, 2.05) is 24.5 Å². The Labute approximate surface area is 195 Å². The predicted molar refractivity (Wildman–Crippen MR) is 134 cm³/mol. The summed E-state index contributed by atoms with van der Waals surface area (Å²) in [5.41, 5.74) is 1.50. The normalized spacial score (nSPS) is 11.5. The second-order valence-electron chi connectivity index (χ2n) is 7.01. The molecule has 0 saturated heterocycles. The highest BCUT2D eigenvalue weighted by molar-refractivity contribution is 7.98. The molecule has 0 aliphatic carbocycles. The number of hydrogen-bond donors (Lipinski definition) is 0. The van der Waals surface area contributed by atoms with E-state index >= 15 is 0 Å². The van der Waals surface area contributed by atoms with Crippen LogP contribution < -0.4 is 4.90 Å². The fraction of sp³-hybridized carbons (Fsp3) is 0.304. The number of carbonyl (C=O) groups is 1. The van der Waals surface area contributed by atoms with E-state index in [0.29, 0.717) is 17.2 Å². The van der Waals surface area contributed by atoms with Gasteiger partial charge in [-0.25, -0.2) is 4.98 Å². The van der Waals surface area contributed by atoms with Gasteiger partial charge in [0, 0.05) is 36.2 Å². The molecule has 9 heteroatoms. The van der Waals surface area contributed by atoms with Gasteiger partial charge in [-0.1, -0.05) is 43.4 Å². The molecule has 0 spiro atoms. The molecule has 0 bridgehead atoms. The van der Waals surface area contributed by atoms with E-state index in [1.165, 1.54) is 29.5 Å². The number of nitro benzene ring substituents is 1.